The molecular formula is C29H24BrF3N2O6S. The lowest BCUT2D eigenvalue weighted by atomic mass is 10.1. The van der Waals surface area contributed by atoms with Crippen LogP contribution in [0, 0.1) is 6.92 Å². The van der Waals surface area contributed by atoms with Gasteiger partial charge >= 0.3 is 6.18 Å². The van der Waals surface area contributed by atoms with Crippen LogP contribution in [-0.4, -0.2) is 42.7 Å². The van der Waals surface area contributed by atoms with Crippen molar-refractivity contribution < 1.29 is 41.8 Å². The van der Waals surface area contributed by atoms with E-state index in [1.54, 1.807) is 12.1 Å². The van der Waals surface area contributed by atoms with Crippen LogP contribution >= 0.6 is 27.7 Å². The zero-order valence-electron chi connectivity index (χ0n) is 22.5. The molecule has 3 amide bonds. The minimum Gasteiger partial charge on any atom is -0.495 e. The van der Waals surface area contributed by atoms with Crippen molar-refractivity contribution in [2.45, 2.75) is 19.7 Å². The third kappa shape index (κ3) is 7.26. The third-order valence-electron chi connectivity index (χ3n) is 6.06. The lowest BCUT2D eigenvalue weighted by Crippen LogP contribution is -2.36. The van der Waals surface area contributed by atoms with Gasteiger partial charge in [-0.1, -0.05) is 45.8 Å². The molecule has 1 N–H and O–H groups in total. The van der Waals surface area contributed by atoms with Crippen molar-refractivity contribution in [3.05, 3.63) is 86.2 Å². The number of hydrogen-bond donors (Lipinski definition) is 1. The molecule has 13 heteroatoms. The molecule has 1 aliphatic heterocycles. The first-order valence-corrected chi connectivity index (χ1v) is 13.9. The van der Waals surface area contributed by atoms with Crippen molar-refractivity contribution in [1.29, 1.82) is 0 Å². The smallest absolute Gasteiger partial charge is 0.416 e. The van der Waals surface area contributed by atoms with Gasteiger partial charge in [-0.3, -0.25) is 19.3 Å². The number of imide groups is 1. The van der Waals surface area contributed by atoms with E-state index in [1.807, 2.05) is 31.2 Å². The van der Waals surface area contributed by atoms with Gasteiger partial charge in [0.25, 0.3) is 11.1 Å². The predicted octanol–water partition coefficient (Wildman–Crippen LogP) is 7.05. The zero-order chi connectivity index (χ0) is 30.6. The first-order chi connectivity index (χ1) is 19.9. The molecule has 3 aromatic rings. The Morgan fingerprint density at radius 1 is 1.00 bits per heavy atom. The Labute approximate surface area is 251 Å². The highest BCUT2D eigenvalue weighted by molar-refractivity contribution is 9.10. The maximum absolute atomic E-state index is 13.1. The number of halogens is 4. The summed E-state index contributed by atoms with van der Waals surface area (Å²) in [7, 11) is 2.70. The first kappa shape index (κ1) is 31.0. The number of thioether (sulfide) groups is 1. The second kappa shape index (κ2) is 12.9. The molecule has 0 spiro atoms. The van der Waals surface area contributed by atoms with E-state index in [1.165, 1.54) is 20.3 Å². The van der Waals surface area contributed by atoms with Gasteiger partial charge in [-0.2, -0.15) is 13.2 Å². The SMILES string of the molecule is COc1ccc(C(F)(F)F)cc1NC(=O)CN1C(=O)S/C(=C\c2cc(OC)c(OCc3ccc(C)cc3)cc2Br)C1=O. The van der Waals surface area contributed by atoms with Crippen LogP contribution < -0.4 is 19.5 Å². The normalized spacial score (nSPS) is 14.4. The van der Waals surface area contributed by atoms with Crippen molar-refractivity contribution in [2.24, 2.45) is 0 Å². The number of carbonyl (C=O) groups excluding carboxylic acids is 3. The molecule has 0 bridgehead atoms. The number of hydrogen-bond acceptors (Lipinski definition) is 7. The maximum Gasteiger partial charge on any atom is 0.416 e. The van der Waals surface area contributed by atoms with E-state index >= 15 is 0 Å². The fraction of sp³-hybridized carbons (Fsp3) is 0.207. The van der Waals surface area contributed by atoms with Crippen LogP contribution in [0.1, 0.15) is 22.3 Å². The molecule has 8 nitrogen and oxygen atoms in total. The molecular weight excluding hydrogens is 641 g/mol. The summed E-state index contributed by atoms with van der Waals surface area (Å²) in [6, 6.07) is 13.8. The minimum absolute atomic E-state index is 0.0181. The Morgan fingerprint density at radius 3 is 2.33 bits per heavy atom. The first-order valence-electron chi connectivity index (χ1n) is 12.3. The number of anilines is 1. The molecule has 3 aromatic carbocycles. The van der Waals surface area contributed by atoms with Crippen LogP contribution in [0.25, 0.3) is 6.08 Å². The van der Waals surface area contributed by atoms with E-state index in [2.05, 4.69) is 21.2 Å². The van der Waals surface area contributed by atoms with Crippen LogP contribution in [0.5, 0.6) is 17.2 Å². The van der Waals surface area contributed by atoms with Crippen LogP contribution in [0.3, 0.4) is 0 Å². The molecule has 1 heterocycles. The second-order valence-corrected chi connectivity index (χ2v) is 10.9. The van der Waals surface area contributed by atoms with Crippen LogP contribution in [0.2, 0.25) is 0 Å². The maximum atomic E-state index is 13.1. The van der Waals surface area contributed by atoms with Gasteiger partial charge in [0.15, 0.2) is 11.5 Å². The summed E-state index contributed by atoms with van der Waals surface area (Å²) in [6.45, 7) is 1.58. The predicted molar refractivity (Wildman–Crippen MR) is 156 cm³/mol. The molecule has 0 unspecified atom stereocenters. The van der Waals surface area contributed by atoms with Crippen molar-refractivity contribution in [2.75, 3.05) is 26.1 Å². The van der Waals surface area contributed by atoms with Gasteiger partial charge in [0.1, 0.15) is 18.9 Å². The number of rotatable bonds is 9. The van der Waals surface area contributed by atoms with Crippen LogP contribution in [-0.2, 0) is 22.4 Å². The van der Waals surface area contributed by atoms with Gasteiger partial charge in [-0.15, -0.1) is 0 Å². The Morgan fingerprint density at radius 2 is 1.69 bits per heavy atom. The Balaban J connectivity index is 1.48. The quantitative estimate of drug-likeness (QED) is 0.245. The molecule has 0 aromatic heterocycles. The van der Waals surface area contributed by atoms with Crippen molar-refractivity contribution in [3.8, 4) is 17.2 Å². The van der Waals surface area contributed by atoms with E-state index in [0.717, 1.165) is 23.3 Å². The van der Waals surface area contributed by atoms with Gasteiger partial charge in [0.2, 0.25) is 5.91 Å². The summed E-state index contributed by atoms with van der Waals surface area (Å²) < 4.78 is 56.4. The highest BCUT2D eigenvalue weighted by Gasteiger charge is 2.37. The van der Waals surface area contributed by atoms with E-state index in [-0.39, 0.29) is 16.3 Å². The average Bonchev–Trinajstić information content (AvgIpc) is 3.20. The summed E-state index contributed by atoms with van der Waals surface area (Å²) in [4.78, 5) is 39.0. The lowest BCUT2D eigenvalue weighted by Gasteiger charge is -2.16. The number of methoxy groups -OCH3 is 2. The van der Waals surface area contributed by atoms with Gasteiger partial charge in [-0.25, -0.2) is 0 Å². The topological polar surface area (TPSA) is 94.2 Å². The van der Waals surface area contributed by atoms with Crippen LogP contribution in [0.4, 0.5) is 23.7 Å². The number of ether oxygens (including phenoxy) is 3. The molecule has 1 fully saturated rings. The molecule has 0 aliphatic carbocycles. The summed E-state index contributed by atoms with van der Waals surface area (Å²) in [5.41, 5.74) is 1.36. The van der Waals surface area contributed by atoms with Gasteiger partial charge in [0, 0.05) is 4.47 Å². The van der Waals surface area contributed by atoms with Gasteiger partial charge in [-0.05, 0) is 66.2 Å². The molecule has 1 aliphatic rings. The monoisotopic (exact) mass is 664 g/mol. The second-order valence-electron chi connectivity index (χ2n) is 9.03. The molecule has 1 saturated heterocycles. The molecule has 42 heavy (non-hydrogen) atoms. The highest BCUT2D eigenvalue weighted by atomic mass is 79.9. The van der Waals surface area contributed by atoms with E-state index in [9.17, 15) is 27.6 Å². The standard InChI is InChI=1S/C29H24BrF3N2O6S/c1-16-4-6-17(7-5-16)15-41-24-13-20(30)18(10-23(24)40-3)11-25-27(37)35(28(38)42-25)14-26(36)34-21-12-19(29(31,32)33)8-9-22(21)39-2/h4-13H,14-15H2,1-3H3,(H,34,36)/b25-11-. The third-order valence-corrected chi connectivity index (χ3v) is 7.65. The zero-order valence-corrected chi connectivity index (χ0v) is 24.9. The Bertz CT molecular complexity index is 1560. The molecule has 0 saturated carbocycles. The van der Waals surface area contributed by atoms with Crippen LogP contribution in [0.15, 0.2) is 64.0 Å². The van der Waals surface area contributed by atoms with Gasteiger partial charge < -0.3 is 19.5 Å². The van der Waals surface area contributed by atoms with E-state index in [4.69, 9.17) is 14.2 Å². The van der Waals surface area contributed by atoms with Gasteiger partial charge in [0.05, 0.1) is 30.4 Å². The minimum atomic E-state index is -4.65. The summed E-state index contributed by atoms with van der Waals surface area (Å²) in [5, 5.41) is 1.58. The lowest BCUT2D eigenvalue weighted by molar-refractivity contribution is -0.137. The number of nitrogens with one attached hydrogen (secondary N) is 1. The largest absolute Gasteiger partial charge is 0.495 e. The summed E-state index contributed by atoms with van der Waals surface area (Å²) >= 11 is 4.08. The summed E-state index contributed by atoms with van der Waals surface area (Å²) in [6.07, 6.45) is -3.18. The van der Waals surface area contributed by atoms with Crippen molar-refractivity contribution in [1.82, 2.24) is 4.90 Å². The Kier molecular flexibility index (Phi) is 9.52. The number of nitrogens with zero attached hydrogens (tertiary/aromatic N) is 1. The van der Waals surface area contributed by atoms with E-state index < -0.39 is 35.3 Å². The average molecular weight is 665 g/mol. The molecule has 0 atom stereocenters. The fourth-order valence-corrected chi connectivity index (χ4v) is 5.14. The molecule has 220 valence electrons. The number of alkyl halides is 3. The molecule has 0 radical (unpaired) electrons. The number of carbonyl (C=O) groups is 3. The molecule has 4 rings (SSSR count). The number of benzene rings is 3. The number of amides is 3. The Hall–Kier alpha value is -3.97. The van der Waals surface area contributed by atoms with Crippen molar-refractivity contribution in [3.63, 3.8) is 0 Å². The highest BCUT2D eigenvalue weighted by Crippen LogP contribution is 2.39. The summed E-state index contributed by atoms with van der Waals surface area (Å²) in [5.74, 6) is -0.784. The van der Waals surface area contributed by atoms with Crippen molar-refractivity contribution >= 4 is 56.5 Å². The number of aryl methyl sites for hydroxylation is 1. The fourth-order valence-electron chi connectivity index (χ4n) is 3.87. The van der Waals surface area contributed by atoms with E-state index in [0.29, 0.717) is 50.9 Å².